The predicted octanol–water partition coefficient (Wildman–Crippen LogP) is 4.79. The highest BCUT2D eigenvalue weighted by Gasteiger charge is 2.14. The number of rotatable bonds is 6. The number of hydrazone groups is 1. The Morgan fingerprint density at radius 1 is 1.22 bits per heavy atom. The van der Waals surface area contributed by atoms with Gasteiger partial charge in [0, 0.05) is 22.6 Å². The van der Waals surface area contributed by atoms with E-state index in [1.165, 1.54) is 41.9 Å². The van der Waals surface area contributed by atoms with Gasteiger partial charge in [0.2, 0.25) is 5.13 Å². The Kier molecular flexibility index (Phi) is 5.46. The van der Waals surface area contributed by atoms with Crippen molar-refractivity contribution in [2.24, 2.45) is 5.10 Å². The molecule has 0 amide bonds. The Hall–Kier alpha value is -3.26. The highest BCUT2D eigenvalue weighted by Crippen LogP contribution is 2.28. The van der Waals surface area contributed by atoms with Crippen molar-refractivity contribution in [3.63, 3.8) is 0 Å². The van der Waals surface area contributed by atoms with Gasteiger partial charge in [-0.05, 0) is 43.2 Å². The molecule has 0 atom stereocenters. The Morgan fingerprint density at radius 2 is 2.04 bits per heavy atom. The number of ether oxygens (including phenoxy) is 1. The van der Waals surface area contributed by atoms with Crippen LogP contribution in [-0.2, 0) is 0 Å². The van der Waals surface area contributed by atoms with Gasteiger partial charge >= 0.3 is 5.69 Å². The molecule has 1 heterocycles. The van der Waals surface area contributed by atoms with E-state index in [1.54, 1.807) is 12.1 Å². The van der Waals surface area contributed by atoms with Gasteiger partial charge in [-0.2, -0.15) is 5.10 Å². The Labute approximate surface area is 160 Å². The quantitative estimate of drug-likeness (QED) is 0.376. The summed E-state index contributed by atoms with van der Waals surface area (Å²) in [5.74, 6) is 0.211. The van der Waals surface area contributed by atoms with Gasteiger partial charge < -0.3 is 4.74 Å². The second kappa shape index (κ2) is 7.96. The molecule has 0 aliphatic rings. The molecular formula is C19H18N4O3S. The van der Waals surface area contributed by atoms with Crippen molar-refractivity contribution in [2.75, 3.05) is 12.5 Å². The van der Waals surface area contributed by atoms with E-state index in [9.17, 15) is 10.1 Å². The molecule has 1 aromatic heterocycles. The lowest BCUT2D eigenvalue weighted by Crippen LogP contribution is -1.96. The number of methoxy groups -OCH3 is 1. The van der Waals surface area contributed by atoms with Gasteiger partial charge in [0.15, 0.2) is 5.75 Å². The summed E-state index contributed by atoms with van der Waals surface area (Å²) in [5, 5.41) is 17.8. The van der Waals surface area contributed by atoms with Crippen LogP contribution in [0.3, 0.4) is 0 Å². The predicted molar refractivity (Wildman–Crippen MR) is 108 cm³/mol. The lowest BCUT2D eigenvalue weighted by molar-refractivity contribution is -0.385. The van der Waals surface area contributed by atoms with Gasteiger partial charge in [0.25, 0.3) is 0 Å². The molecule has 0 saturated carbocycles. The van der Waals surface area contributed by atoms with E-state index >= 15 is 0 Å². The van der Waals surface area contributed by atoms with Crippen LogP contribution in [0.25, 0.3) is 11.3 Å². The second-order valence-electron chi connectivity index (χ2n) is 5.90. The maximum absolute atomic E-state index is 11.1. The molecule has 7 nitrogen and oxygen atoms in total. The van der Waals surface area contributed by atoms with Gasteiger partial charge in [-0.15, -0.1) is 11.3 Å². The molecule has 0 unspecified atom stereocenters. The molecule has 3 aromatic rings. The smallest absolute Gasteiger partial charge is 0.311 e. The molecule has 0 aliphatic carbocycles. The zero-order valence-corrected chi connectivity index (χ0v) is 15.9. The summed E-state index contributed by atoms with van der Waals surface area (Å²) in [7, 11) is 1.40. The van der Waals surface area contributed by atoms with Crippen molar-refractivity contribution in [2.45, 2.75) is 13.8 Å². The lowest BCUT2D eigenvalue weighted by atomic mass is 10.1. The van der Waals surface area contributed by atoms with Crippen LogP contribution in [0.2, 0.25) is 0 Å². The van der Waals surface area contributed by atoms with E-state index in [-0.39, 0.29) is 11.4 Å². The fraction of sp³-hybridized carbons (Fsp3) is 0.158. The fourth-order valence-electron chi connectivity index (χ4n) is 2.45. The van der Waals surface area contributed by atoms with Crippen LogP contribution in [0.15, 0.2) is 46.9 Å². The van der Waals surface area contributed by atoms with Crippen LogP contribution in [-0.4, -0.2) is 23.2 Å². The van der Waals surface area contributed by atoms with Crippen molar-refractivity contribution in [3.8, 4) is 17.0 Å². The van der Waals surface area contributed by atoms with Crippen LogP contribution in [0, 0.1) is 24.0 Å². The van der Waals surface area contributed by atoms with E-state index in [4.69, 9.17) is 4.74 Å². The van der Waals surface area contributed by atoms with E-state index in [0.717, 1.165) is 11.3 Å². The summed E-state index contributed by atoms with van der Waals surface area (Å²) in [6, 6.07) is 10.9. The first-order valence-corrected chi connectivity index (χ1v) is 9.00. The molecule has 0 saturated heterocycles. The Balaban J connectivity index is 1.72. The second-order valence-corrected chi connectivity index (χ2v) is 6.75. The largest absolute Gasteiger partial charge is 0.490 e. The molecule has 138 valence electrons. The summed E-state index contributed by atoms with van der Waals surface area (Å²) in [4.78, 5) is 15.1. The number of anilines is 1. The lowest BCUT2D eigenvalue weighted by Gasteiger charge is -2.02. The number of benzene rings is 2. The highest BCUT2D eigenvalue weighted by atomic mass is 32.1. The third kappa shape index (κ3) is 4.29. The summed E-state index contributed by atoms with van der Waals surface area (Å²) in [6.45, 7) is 4.15. The van der Waals surface area contributed by atoms with Gasteiger partial charge in [-0.3, -0.25) is 15.5 Å². The van der Waals surface area contributed by atoms with Crippen molar-refractivity contribution < 1.29 is 9.66 Å². The molecule has 27 heavy (non-hydrogen) atoms. The van der Waals surface area contributed by atoms with Crippen LogP contribution >= 0.6 is 11.3 Å². The zero-order chi connectivity index (χ0) is 19.4. The number of nitrogens with zero attached hydrogens (tertiary/aromatic N) is 3. The Bertz CT molecular complexity index is 1010. The minimum absolute atomic E-state index is 0.104. The monoisotopic (exact) mass is 382 g/mol. The van der Waals surface area contributed by atoms with E-state index < -0.39 is 4.92 Å². The number of nitrogens with one attached hydrogen (secondary N) is 1. The average Bonchev–Trinajstić information content (AvgIpc) is 3.12. The minimum Gasteiger partial charge on any atom is -0.490 e. The SMILES string of the molecule is COc1ccc(/C=N\Nc2nc(-c3ccc(C)c(C)c3)cs2)cc1[N+](=O)[O-]. The maximum Gasteiger partial charge on any atom is 0.311 e. The molecular weight excluding hydrogens is 364 g/mol. The van der Waals surface area contributed by atoms with Gasteiger partial charge in [0.05, 0.1) is 23.9 Å². The number of nitro benzene ring substituents is 1. The van der Waals surface area contributed by atoms with Gasteiger partial charge in [-0.1, -0.05) is 12.1 Å². The first-order chi connectivity index (χ1) is 13.0. The molecule has 0 bridgehead atoms. The molecule has 0 spiro atoms. The average molecular weight is 382 g/mol. The molecule has 0 radical (unpaired) electrons. The van der Waals surface area contributed by atoms with Crippen LogP contribution in [0.1, 0.15) is 16.7 Å². The minimum atomic E-state index is -0.486. The van der Waals surface area contributed by atoms with E-state index in [1.807, 2.05) is 11.4 Å². The van der Waals surface area contributed by atoms with Crippen molar-refractivity contribution in [1.29, 1.82) is 0 Å². The third-order valence-corrected chi connectivity index (χ3v) is 4.83. The summed E-state index contributed by atoms with van der Waals surface area (Å²) in [5.41, 5.74) is 7.73. The number of aryl methyl sites for hydroxylation is 2. The molecule has 8 heteroatoms. The number of hydrogen-bond donors (Lipinski definition) is 1. The zero-order valence-electron chi connectivity index (χ0n) is 15.1. The summed E-state index contributed by atoms with van der Waals surface area (Å²) < 4.78 is 4.99. The summed E-state index contributed by atoms with van der Waals surface area (Å²) in [6.07, 6.45) is 1.50. The molecule has 2 aromatic carbocycles. The van der Waals surface area contributed by atoms with Gasteiger partial charge in [-0.25, -0.2) is 4.98 Å². The first kappa shape index (κ1) is 18.5. The normalized spacial score (nSPS) is 10.9. The maximum atomic E-state index is 11.1. The molecule has 0 fully saturated rings. The number of hydrogen-bond acceptors (Lipinski definition) is 7. The highest BCUT2D eigenvalue weighted by molar-refractivity contribution is 7.14. The molecule has 3 rings (SSSR count). The topological polar surface area (TPSA) is 89.7 Å². The van der Waals surface area contributed by atoms with Crippen molar-refractivity contribution >= 4 is 28.4 Å². The standard InChI is InChI=1S/C19H18N4O3S/c1-12-4-6-15(8-13(12)2)16-11-27-19(21-16)22-20-10-14-5-7-18(26-3)17(9-14)23(24)25/h4-11H,1-3H3,(H,21,22)/b20-10-. The Morgan fingerprint density at radius 3 is 2.74 bits per heavy atom. The summed E-state index contributed by atoms with van der Waals surface area (Å²) >= 11 is 1.44. The molecule has 0 aliphatic heterocycles. The van der Waals surface area contributed by atoms with Crippen molar-refractivity contribution in [3.05, 3.63) is 68.6 Å². The van der Waals surface area contributed by atoms with Crippen LogP contribution < -0.4 is 10.2 Å². The number of nitro groups is 1. The molecule has 1 N–H and O–H groups in total. The van der Waals surface area contributed by atoms with Crippen molar-refractivity contribution in [1.82, 2.24) is 4.98 Å². The van der Waals surface area contributed by atoms with Crippen LogP contribution in [0.5, 0.6) is 5.75 Å². The number of aromatic nitrogens is 1. The first-order valence-electron chi connectivity index (χ1n) is 8.12. The van der Waals surface area contributed by atoms with E-state index in [2.05, 4.69) is 41.5 Å². The number of thiazole rings is 1. The van der Waals surface area contributed by atoms with Gasteiger partial charge in [0.1, 0.15) is 0 Å². The van der Waals surface area contributed by atoms with Crippen LogP contribution in [0.4, 0.5) is 10.8 Å². The van der Waals surface area contributed by atoms with E-state index in [0.29, 0.717) is 10.7 Å². The third-order valence-electron chi connectivity index (χ3n) is 4.08. The fourth-order valence-corrected chi connectivity index (χ4v) is 3.12.